The molecule has 2 rings (SSSR count). The van der Waals surface area contributed by atoms with Gasteiger partial charge in [-0.25, -0.2) is 0 Å². The number of thiophene rings is 1. The Hall–Kier alpha value is -0.920. The average molecular weight is 401 g/mol. The Morgan fingerprint density at radius 3 is 2.60 bits per heavy atom. The van der Waals surface area contributed by atoms with Crippen LogP contribution >= 0.6 is 33.9 Å². The molecule has 0 saturated heterocycles. The number of hydrogen-bond acceptors (Lipinski definition) is 3. The number of nitrogens with one attached hydrogen (secondary N) is 1. The molecule has 5 heteroatoms. The predicted molar refractivity (Wildman–Crippen MR) is 90.0 cm³/mol. The van der Waals surface area contributed by atoms with Crippen molar-refractivity contribution in [1.82, 2.24) is 5.32 Å². The fourth-order valence-electron chi connectivity index (χ4n) is 2.06. The second-order valence-corrected chi connectivity index (χ2v) is 6.83. The SMILES string of the molecule is CC(NC(CC(=O)O)c1cccs1)c1ccc(I)cc1. The highest BCUT2D eigenvalue weighted by Crippen LogP contribution is 2.26. The van der Waals surface area contributed by atoms with Gasteiger partial charge in [0.15, 0.2) is 0 Å². The minimum atomic E-state index is -0.786. The minimum Gasteiger partial charge on any atom is -0.481 e. The summed E-state index contributed by atoms with van der Waals surface area (Å²) in [6.07, 6.45) is 0.0925. The molecule has 1 aromatic heterocycles. The molecule has 0 spiro atoms. The maximum atomic E-state index is 11.0. The van der Waals surface area contributed by atoms with E-state index < -0.39 is 5.97 Å². The Kier molecular flexibility index (Phi) is 5.56. The summed E-state index contributed by atoms with van der Waals surface area (Å²) in [5, 5.41) is 14.5. The Labute approximate surface area is 136 Å². The third kappa shape index (κ3) is 4.29. The molecule has 0 fully saturated rings. The lowest BCUT2D eigenvalue weighted by Crippen LogP contribution is -2.26. The largest absolute Gasteiger partial charge is 0.481 e. The summed E-state index contributed by atoms with van der Waals surface area (Å²) in [6.45, 7) is 2.06. The Morgan fingerprint density at radius 2 is 2.05 bits per heavy atom. The first kappa shape index (κ1) is 15.5. The van der Waals surface area contributed by atoms with Gasteiger partial charge < -0.3 is 10.4 Å². The average Bonchev–Trinajstić information content (AvgIpc) is 2.92. The zero-order valence-corrected chi connectivity index (χ0v) is 14.0. The first-order valence-corrected chi connectivity index (χ1v) is 8.29. The van der Waals surface area contributed by atoms with Gasteiger partial charge >= 0.3 is 5.97 Å². The van der Waals surface area contributed by atoms with E-state index in [0.29, 0.717) is 0 Å². The summed E-state index contributed by atoms with van der Waals surface area (Å²) < 4.78 is 1.19. The molecule has 0 aliphatic carbocycles. The molecule has 0 saturated carbocycles. The van der Waals surface area contributed by atoms with Gasteiger partial charge in [0, 0.05) is 14.5 Å². The van der Waals surface area contributed by atoms with Crippen LogP contribution in [0.5, 0.6) is 0 Å². The highest BCUT2D eigenvalue weighted by atomic mass is 127. The molecular formula is C15H16INO2S. The topological polar surface area (TPSA) is 49.3 Å². The highest BCUT2D eigenvalue weighted by molar-refractivity contribution is 14.1. The fraction of sp³-hybridized carbons (Fsp3) is 0.267. The van der Waals surface area contributed by atoms with Gasteiger partial charge in [-0.1, -0.05) is 18.2 Å². The summed E-state index contributed by atoms with van der Waals surface area (Å²) in [7, 11) is 0. The summed E-state index contributed by atoms with van der Waals surface area (Å²) in [5.41, 5.74) is 1.16. The third-order valence-corrected chi connectivity index (χ3v) is 4.79. The number of aliphatic carboxylic acids is 1. The molecule has 106 valence electrons. The molecule has 2 unspecified atom stereocenters. The van der Waals surface area contributed by atoms with Crippen molar-refractivity contribution >= 4 is 39.9 Å². The smallest absolute Gasteiger partial charge is 0.305 e. The van der Waals surface area contributed by atoms with Crippen molar-refractivity contribution in [3.8, 4) is 0 Å². The van der Waals surface area contributed by atoms with E-state index in [1.165, 1.54) is 3.57 Å². The molecule has 0 amide bonds. The number of carboxylic acids is 1. The second kappa shape index (κ2) is 7.19. The van der Waals surface area contributed by atoms with Gasteiger partial charge in [-0.05, 0) is 58.7 Å². The van der Waals surface area contributed by atoms with Crippen LogP contribution in [0.1, 0.15) is 35.9 Å². The van der Waals surface area contributed by atoms with Crippen LogP contribution in [0.4, 0.5) is 0 Å². The number of carboxylic acid groups (broad SMARTS) is 1. The van der Waals surface area contributed by atoms with Crippen LogP contribution in [0.15, 0.2) is 41.8 Å². The van der Waals surface area contributed by atoms with Crippen molar-refractivity contribution in [2.45, 2.75) is 25.4 Å². The van der Waals surface area contributed by atoms with Gasteiger partial charge in [-0.2, -0.15) is 0 Å². The zero-order valence-electron chi connectivity index (χ0n) is 11.0. The van der Waals surface area contributed by atoms with Gasteiger partial charge in [0.25, 0.3) is 0 Å². The summed E-state index contributed by atoms with van der Waals surface area (Å²) >= 11 is 3.86. The molecule has 20 heavy (non-hydrogen) atoms. The summed E-state index contributed by atoms with van der Waals surface area (Å²) in [6, 6.07) is 12.2. The molecule has 0 aliphatic heterocycles. The van der Waals surface area contributed by atoms with Crippen LogP contribution in [-0.2, 0) is 4.79 Å². The molecular weight excluding hydrogens is 385 g/mol. The van der Waals surface area contributed by atoms with Gasteiger partial charge in [-0.3, -0.25) is 4.79 Å². The lowest BCUT2D eigenvalue weighted by Gasteiger charge is -2.21. The van der Waals surface area contributed by atoms with Crippen molar-refractivity contribution < 1.29 is 9.90 Å². The Morgan fingerprint density at radius 1 is 1.35 bits per heavy atom. The van der Waals surface area contributed by atoms with Gasteiger partial charge in [0.1, 0.15) is 0 Å². The van der Waals surface area contributed by atoms with E-state index in [0.717, 1.165) is 10.4 Å². The molecule has 2 aromatic rings. The first-order valence-electron chi connectivity index (χ1n) is 6.33. The van der Waals surface area contributed by atoms with Crippen molar-refractivity contribution in [2.24, 2.45) is 0 Å². The summed E-state index contributed by atoms with van der Waals surface area (Å²) in [5.74, 6) is -0.786. The van der Waals surface area contributed by atoms with Gasteiger partial charge in [0.05, 0.1) is 12.5 Å². The van der Waals surface area contributed by atoms with E-state index in [4.69, 9.17) is 5.11 Å². The molecule has 0 aliphatic rings. The molecule has 2 atom stereocenters. The van der Waals surface area contributed by atoms with E-state index in [2.05, 4.69) is 59.1 Å². The van der Waals surface area contributed by atoms with E-state index in [1.807, 2.05) is 17.5 Å². The fourth-order valence-corrected chi connectivity index (χ4v) is 3.20. The Balaban J connectivity index is 2.11. The highest BCUT2D eigenvalue weighted by Gasteiger charge is 2.19. The predicted octanol–water partition coefficient (Wildman–Crippen LogP) is 4.22. The van der Waals surface area contributed by atoms with Crippen molar-refractivity contribution in [3.05, 3.63) is 55.8 Å². The number of rotatable bonds is 6. The normalized spacial score (nSPS) is 13.9. The quantitative estimate of drug-likeness (QED) is 0.713. The van der Waals surface area contributed by atoms with Crippen molar-refractivity contribution in [1.29, 1.82) is 0 Å². The van der Waals surface area contributed by atoms with E-state index in [-0.39, 0.29) is 18.5 Å². The standard InChI is InChI=1S/C15H16INO2S/c1-10(11-4-6-12(16)7-5-11)17-13(9-15(18)19)14-3-2-8-20-14/h2-8,10,13,17H,9H2,1H3,(H,18,19). The number of hydrogen-bond donors (Lipinski definition) is 2. The lowest BCUT2D eigenvalue weighted by atomic mass is 10.1. The van der Waals surface area contributed by atoms with Crippen molar-refractivity contribution in [2.75, 3.05) is 0 Å². The molecule has 1 heterocycles. The second-order valence-electron chi connectivity index (χ2n) is 4.61. The van der Waals surface area contributed by atoms with Crippen LogP contribution in [0, 0.1) is 3.57 Å². The van der Waals surface area contributed by atoms with E-state index >= 15 is 0 Å². The minimum absolute atomic E-state index is 0.0925. The number of carbonyl (C=O) groups is 1. The molecule has 3 nitrogen and oxygen atoms in total. The first-order chi connectivity index (χ1) is 9.56. The maximum absolute atomic E-state index is 11.0. The van der Waals surface area contributed by atoms with Crippen LogP contribution in [-0.4, -0.2) is 11.1 Å². The Bertz CT molecular complexity index is 554. The maximum Gasteiger partial charge on any atom is 0.305 e. The summed E-state index contributed by atoms with van der Waals surface area (Å²) in [4.78, 5) is 12.1. The van der Waals surface area contributed by atoms with Crippen molar-refractivity contribution in [3.63, 3.8) is 0 Å². The van der Waals surface area contributed by atoms with Gasteiger partial charge in [-0.15, -0.1) is 11.3 Å². The van der Waals surface area contributed by atoms with Gasteiger partial charge in [0.2, 0.25) is 0 Å². The molecule has 0 bridgehead atoms. The molecule has 1 aromatic carbocycles. The van der Waals surface area contributed by atoms with Crippen LogP contribution in [0.2, 0.25) is 0 Å². The number of halogens is 1. The zero-order chi connectivity index (χ0) is 14.5. The van der Waals surface area contributed by atoms with E-state index in [1.54, 1.807) is 11.3 Å². The number of benzene rings is 1. The molecule has 0 radical (unpaired) electrons. The lowest BCUT2D eigenvalue weighted by molar-refractivity contribution is -0.137. The third-order valence-electron chi connectivity index (χ3n) is 3.09. The molecule has 2 N–H and O–H groups in total. The van der Waals surface area contributed by atoms with E-state index in [9.17, 15) is 4.79 Å². The van der Waals surface area contributed by atoms with Crippen LogP contribution in [0.3, 0.4) is 0 Å². The van der Waals surface area contributed by atoms with Crippen LogP contribution in [0.25, 0.3) is 0 Å². The monoisotopic (exact) mass is 401 g/mol. The van der Waals surface area contributed by atoms with Crippen LogP contribution < -0.4 is 5.32 Å².